The van der Waals surface area contributed by atoms with Gasteiger partial charge in [-0.2, -0.15) is 8.42 Å². The zero-order valence-corrected chi connectivity index (χ0v) is 17.1. The number of fused-ring (bicyclic) bond motifs is 6. The lowest BCUT2D eigenvalue weighted by Crippen LogP contribution is -2.06. The summed E-state index contributed by atoms with van der Waals surface area (Å²) >= 11 is 0. The molecule has 0 spiro atoms. The van der Waals surface area contributed by atoms with Crippen molar-refractivity contribution in [3.8, 4) is 5.75 Å². The molecule has 0 saturated carbocycles. The lowest BCUT2D eigenvalue weighted by molar-refractivity contribution is 0.388. The van der Waals surface area contributed by atoms with Gasteiger partial charge >= 0.3 is 10.4 Å². The van der Waals surface area contributed by atoms with Crippen LogP contribution in [0.25, 0.3) is 53.9 Å². The summed E-state index contributed by atoms with van der Waals surface area (Å²) in [5.74, 6) is 0.102. The van der Waals surface area contributed by atoms with E-state index in [9.17, 15) is 13.0 Å². The molecule has 0 radical (unpaired) electrons. The third-order valence-corrected chi connectivity index (χ3v) is 6.20. The van der Waals surface area contributed by atoms with E-state index in [2.05, 4.69) is 48.5 Å². The lowest BCUT2D eigenvalue weighted by Gasteiger charge is -2.11. The molecule has 0 unspecified atom stereocenters. The SMILES string of the molecule is O=S(=O)(O)Oc1cccc2cc3ccc4cc5cc6ccccc6cc5cc4c3cc12. The van der Waals surface area contributed by atoms with Gasteiger partial charge in [0.2, 0.25) is 0 Å². The molecule has 6 aromatic carbocycles. The molecule has 31 heavy (non-hydrogen) atoms. The first kappa shape index (κ1) is 18.1. The quantitative estimate of drug-likeness (QED) is 0.192. The summed E-state index contributed by atoms with van der Waals surface area (Å²) in [5, 5.41) is 10.4. The molecule has 0 aliphatic heterocycles. The van der Waals surface area contributed by atoms with Gasteiger partial charge in [0.25, 0.3) is 0 Å². The fraction of sp³-hybridized carbons (Fsp3) is 0. The van der Waals surface area contributed by atoms with E-state index in [0.29, 0.717) is 5.39 Å². The highest BCUT2D eigenvalue weighted by molar-refractivity contribution is 7.81. The highest BCUT2D eigenvalue weighted by Crippen LogP contribution is 2.36. The standard InChI is InChI=1S/C26H16O4S/c27-31(28,29)30-26-7-3-6-18-12-19-8-9-20-13-21-10-16-4-1-2-5-17(16)11-22(21)14-23(20)24(19)15-25(18)26/h1-15H,(H,27,28,29). The molecule has 0 amide bonds. The molecule has 0 aliphatic rings. The summed E-state index contributed by atoms with van der Waals surface area (Å²) in [6, 6.07) is 30.3. The minimum Gasteiger partial charge on any atom is -0.361 e. The Kier molecular flexibility index (Phi) is 3.75. The minimum absolute atomic E-state index is 0.102. The summed E-state index contributed by atoms with van der Waals surface area (Å²) in [6.07, 6.45) is 0. The molecule has 4 nitrogen and oxygen atoms in total. The van der Waals surface area contributed by atoms with Gasteiger partial charge in [0.1, 0.15) is 0 Å². The van der Waals surface area contributed by atoms with Gasteiger partial charge < -0.3 is 4.18 Å². The van der Waals surface area contributed by atoms with Crippen LogP contribution in [0.1, 0.15) is 0 Å². The molecule has 0 heterocycles. The van der Waals surface area contributed by atoms with Gasteiger partial charge in [0.05, 0.1) is 0 Å². The van der Waals surface area contributed by atoms with Gasteiger partial charge in [-0.1, -0.05) is 48.5 Å². The van der Waals surface area contributed by atoms with Crippen molar-refractivity contribution in [1.82, 2.24) is 0 Å². The van der Waals surface area contributed by atoms with Crippen LogP contribution in [0.2, 0.25) is 0 Å². The van der Waals surface area contributed by atoms with Crippen molar-refractivity contribution >= 4 is 64.3 Å². The Morgan fingerprint density at radius 2 is 1.03 bits per heavy atom. The average molecular weight is 424 g/mol. The lowest BCUT2D eigenvalue weighted by atomic mass is 9.94. The van der Waals surface area contributed by atoms with Crippen LogP contribution in [0.15, 0.2) is 91.0 Å². The normalized spacial score (nSPS) is 12.3. The minimum atomic E-state index is -4.61. The van der Waals surface area contributed by atoms with Gasteiger partial charge in [-0.25, -0.2) is 0 Å². The first-order valence-corrected chi connectivity index (χ1v) is 11.2. The maximum atomic E-state index is 11.3. The van der Waals surface area contributed by atoms with Crippen LogP contribution in [0, 0.1) is 0 Å². The van der Waals surface area contributed by atoms with Crippen molar-refractivity contribution in [2.45, 2.75) is 0 Å². The molecule has 150 valence electrons. The molecular formula is C26H16O4S. The topological polar surface area (TPSA) is 63.6 Å². The Morgan fingerprint density at radius 3 is 1.71 bits per heavy atom. The van der Waals surface area contributed by atoms with Crippen molar-refractivity contribution in [3.63, 3.8) is 0 Å². The number of rotatable bonds is 2. The Morgan fingerprint density at radius 1 is 0.516 bits per heavy atom. The smallest absolute Gasteiger partial charge is 0.361 e. The maximum Gasteiger partial charge on any atom is 0.446 e. The van der Waals surface area contributed by atoms with E-state index in [1.807, 2.05) is 30.3 Å². The Labute approximate surface area is 178 Å². The zero-order valence-electron chi connectivity index (χ0n) is 16.2. The van der Waals surface area contributed by atoms with Crippen molar-refractivity contribution in [1.29, 1.82) is 0 Å². The van der Waals surface area contributed by atoms with Gasteiger partial charge in [0.15, 0.2) is 5.75 Å². The second-order valence-electron chi connectivity index (χ2n) is 7.75. The molecule has 0 saturated heterocycles. The van der Waals surface area contributed by atoms with Crippen LogP contribution in [-0.2, 0) is 10.4 Å². The van der Waals surface area contributed by atoms with Crippen LogP contribution in [0.5, 0.6) is 5.75 Å². The second-order valence-corrected chi connectivity index (χ2v) is 8.77. The predicted molar refractivity (Wildman–Crippen MR) is 126 cm³/mol. The molecule has 1 N–H and O–H groups in total. The van der Waals surface area contributed by atoms with E-state index in [4.69, 9.17) is 4.18 Å². The van der Waals surface area contributed by atoms with Crippen molar-refractivity contribution < 1.29 is 17.2 Å². The van der Waals surface area contributed by atoms with Crippen molar-refractivity contribution in [2.24, 2.45) is 0 Å². The third-order valence-electron chi connectivity index (χ3n) is 5.81. The Balaban J connectivity index is 1.70. The second kappa shape index (κ2) is 6.41. The monoisotopic (exact) mass is 424 g/mol. The van der Waals surface area contributed by atoms with Crippen LogP contribution in [0.4, 0.5) is 0 Å². The van der Waals surface area contributed by atoms with Crippen LogP contribution >= 0.6 is 0 Å². The highest BCUT2D eigenvalue weighted by atomic mass is 32.3. The number of hydrogen-bond acceptors (Lipinski definition) is 3. The summed E-state index contributed by atoms with van der Waals surface area (Å²) in [5.41, 5.74) is 0. The van der Waals surface area contributed by atoms with E-state index in [-0.39, 0.29) is 5.75 Å². The molecule has 5 heteroatoms. The molecule has 6 rings (SSSR count). The molecule has 0 atom stereocenters. The summed E-state index contributed by atoms with van der Waals surface area (Å²) < 4.78 is 36.6. The molecule has 6 aromatic rings. The van der Waals surface area contributed by atoms with E-state index in [1.165, 1.54) is 22.2 Å². The van der Waals surface area contributed by atoms with E-state index >= 15 is 0 Å². The highest BCUT2D eigenvalue weighted by Gasteiger charge is 2.12. The number of hydrogen-bond donors (Lipinski definition) is 1. The average Bonchev–Trinajstić information content (AvgIpc) is 2.74. The largest absolute Gasteiger partial charge is 0.446 e. The van der Waals surface area contributed by atoms with Gasteiger partial charge in [-0.15, -0.1) is 0 Å². The van der Waals surface area contributed by atoms with Crippen LogP contribution in [-0.4, -0.2) is 13.0 Å². The maximum absolute atomic E-state index is 11.3. The fourth-order valence-corrected chi connectivity index (χ4v) is 4.80. The Hall–Kier alpha value is -3.67. The Bertz CT molecular complexity index is 1790. The molecule has 0 aromatic heterocycles. The summed E-state index contributed by atoms with van der Waals surface area (Å²) in [4.78, 5) is 0. The summed E-state index contributed by atoms with van der Waals surface area (Å²) in [6.45, 7) is 0. The zero-order chi connectivity index (χ0) is 21.2. The molecular weight excluding hydrogens is 408 g/mol. The van der Waals surface area contributed by atoms with E-state index < -0.39 is 10.4 Å². The first-order valence-electron chi connectivity index (χ1n) is 9.83. The van der Waals surface area contributed by atoms with Gasteiger partial charge in [0, 0.05) is 5.39 Å². The van der Waals surface area contributed by atoms with E-state index in [0.717, 1.165) is 32.3 Å². The first-order chi connectivity index (χ1) is 14.9. The number of benzene rings is 6. The van der Waals surface area contributed by atoms with Crippen LogP contribution < -0.4 is 4.18 Å². The molecule has 0 fully saturated rings. The fourth-order valence-electron chi connectivity index (χ4n) is 4.43. The van der Waals surface area contributed by atoms with Crippen molar-refractivity contribution in [2.75, 3.05) is 0 Å². The third kappa shape index (κ3) is 3.06. The molecule has 0 bridgehead atoms. The van der Waals surface area contributed by atoms with Crippen molar-refractivity contribution in [3.05, 3.63) is 91.0 Å². The predicted octanol–water partition coefficient (Wildman–Crippen LogP) is 6.63. The van der Waals surface area contributed by atoms with Crippen LogP contribution in [0.3, 0.4) is 0 Å². The van der Waals surface area contributed by atoms with Gasteiger partial charge in [-0.3, -0.25) is 4.55 Å². The van der Waals surface area contributed by atoms with Gasteiger partial charge in [-0.05, 0) is 90.9 Å². The van der Waals surface area contributed by atoms with E-state index in [1.54, 1.807) is 6.07 Å². The summed E-state index contributed by atoms with van der Waals surface area (Å²) in [7, 11) is -4.61. The molecule has 0 aliphatic carbocycles.